The van der Waals surface area contributed by atoms with E-state index in [-0.39, 0.29) is 35.6 Å². The number of aliphatic hydroxyl groups is 3. The second kappa shape index (κ2) is 8.72. The fourth-order valence-electron chi connectivity index (χ4n) is 7.04. The maximum atomic E-state index is 12.4. The van der Waals surface area contributed by atoms with E-state index in [0.717, 1.165) is 24.8 Å². The van der Waals surface area contributed by atoms with Gasteiger partial charge in [-0.25, -0.2) is 4.79 Å². The molecule has 4 N–H and O–H groups in total. The van der Waals surface area contributed by atoms with Gasteiger partial charge in [-0.15, -0.1) is 0 Å². The van der Waals surface area contributed by atoms with Crippen LogP contribution in [0.5, 0.6) is 0 Å². The molecule has 0 saturated heterocycles. The van der Waals surface area contributed by atoms with Crippen molar-refractivity contribution in [3.05, 3.63) is 23.8 Å². The number of ketones is 2. The van der Waals surface area contributed by atoms with Gasteiger partial charge in [0.2, 0.25) is 0 Å². The lowest BCUT2D eigenvalue weighted by Gasteiger charge is -2.59. The molecule has 0 aromatic carbocycles. The van der Waals surface area contributed by atoms with Crippen molar-refractivity contribution in [2.75, 3.05) is 13.2 Å². The molecule has 32 heavy (non-hydrogen) atoms. The molecule has 3 fully saturated rings. The highest BCUT2D eigenvalue weighted by Gasteiger charge is 2.67. The van der Waals surface area contributed by atoms with E-state index in [0.29, 0.717) is 12.8 Å². The average molecular weight is 451 g/mol. The number of carbonyl (C=O) groups excluding carboxylic acids is 2. The van der Waals surface area contributed by atoms with Crippen molar-refractivity contribution >= 4 is 17.7 Å². The Labute approximate surface area is 188 Å². The van der Waals surface area contributed by atoms with Crippen molar-refractivity contribution in [1.29, 1.82) is 0 Å². The molecule has 7 atom stereocenters. The van der Waals surface area contributed by atoms with Crippen molar-refractivity contribution in [2.45, 2.75) is 64.6 Å². The van der Waals surface area contributed by atoms with Gasteiger partial charge in [-0.1, -0.05) is 25.5 Å². The lowest BCUT2D eigenvalue weighted by Crippen LogP contribution is -2.61. The number of allylic oxidation sites excluding steroid dienone is 4. The van der Waals surface area contributed by atoms with Crippen molar-refractivity contribution in [2.24, 2.45) is 28.6 Å². The van der Waals surface area contributed by atoms with Crippen LogP contribution in [-0.4, -0.2) is 63.1 Å². The molecule has 4 aliphatic rings. The zero-order chi connectivity index (χ0) is 23.9. The smallest absolute Gasteiger partial charge is 0.450 e. The molecule has 0 aliphatic heterocycles. The Bertz CT molecular complexity index is 847. The molecule has 4 rings (SSSR count). The van der Waals surface area contributed by atoms with Crippen molar-refractivity contribution in [3.63, 3.8) is 0 Å². The van der Waals surface area contributed by atoms with E-state index in [1.807, 2.05) is 13.0 Å². The van der Waals surface area contributed by atoms with E-state index in [2.05, 4.69) is 11.7 Å². The summed E-state index contributed by atoms with van der Waals surface area (Å²) in [6.45, 7) is 5.19. The molecule has 3 saturated carbocycles. The summed E-state index contributed by atoms with van der Waals surface area (Å²) in [5, 5.41) is 39.4. The van der Waals surface area contributed by atoms with Crippen LogP contribution < -0.4 is 0 Å². The van der Waals surface area contributed by atoms with Crippen LogP contribution in [0, 0.1) is 28.6 Å². The zero-order valence-corrected chi connectivity index (χ0v) is 18.9. The van der Waals surface area contributed by atoms with Crippen molar-refractivity contribution < 1.29 is 39.5 Å². The topological polar surface area (TPSA) is 141 Å². The number of hydrogen-bond donors (Lipinski definition) is 4. The summed E-state index contributed by atoms with van der Waals surface area (Å²) in [6.07, 6.45) is 6.47. The van der Waals surface area contributed by atoms with E-state index in [9.17, 15) is 29.7 Å². The fraction of sp³-hybridized carbons (Fsp3) is 0.708. The number of hydrogen-bond acceptors (Lipinski definition) is 7. The minimum atomic E-state index is -1.56. The highest BCUT2D eigenvalue weighted by atomic mass is 16.7. The fourth-order valence-corrected chi connectivity index (χ4v) is 7.04. The first-order chi connectivity index (χ1) is 14.9. The van der Waals surface area contributed by atoms with Gasteiger partial charge in [-0.2, -0.15) is 0 Å². The number of rotatable bonds is 3. The highest BCUT2D eigenvalue weighted by molar-refractivity contribution is 6.01. The number of carboxylic acid groups (broad SMARTS) is 1. The van der Waals surface area contributed by atoms with Gasteiger partial charge in [0.05, 0.1) is 12.7 Å². The summed E-state index contributed by atoms with van der Waals surface area (Å²) >= 11 is 0. The molecule has 4 aliphatic carbocycles. The maximum absolute atomic E-state index is 12.4. The van der Waals surface area contributed by atoms with E-state index < -0.39 is 35.7 Å². The van der Waals surface area contributed by atoms with Gasteiger partial charge in [0, 0.05) is 16.7 Å². The largest absolute Gasteiger partial charge is 0.505 e. The van der Waals surface area contributed by atoms with Crippen LogP contribution in [0.15, 0.2) is 23.8 Å². The first-order valence-corrected chi connectivity index (χ1v) is 11.3. The predicted molar refractivity (Wildman–Crippen MR) is 115 cm³/mol. The first kappa shape index (κ1) is 24.6. The van der Waals surface area contributed by atoms with E-state index in [1.165, 1.54) is 0 Å². The molecule has 0 heterocycles. The van der Waals surface area contributed by atoms with Crippen LogP contribution in [0.3, 0.4) is 0 Å². The molecule has 0 radical (unpaired) electrons. The summed E-state index contributed by atoms with van der Waals surface area (Å²) in [4.78, 5) is 33.5. The minimum Gasteiger partial charge on any atom is -0.450 e. The normalized spacial score (nSPS) is 41.9. The summed E-state index contributed by atoms with van der Waals surface area (Å²) in [5.41, 5.74) is -1.54. The molecule has 8 heteroatoms. The van der Waals surface area contributed by atoms with Gasteiger partial charge in [0.1, 0.15) is 12.2 Å². The third-order valence-corrected chi connectivity index (χ3v) is 8.52. The zero-order valence-electron chi connectivity index (χ0n) is 18.9. The molecular formula is C24H34O8. The molecule has 0 amide bonds. The quantitative estimate of drug-likeness (QED) is 0.480. The summed E-state index contributed by atoms with van der Waals surface area (Å²) in [7, 11) is 0. The van der Waals surface area contributed by atoms with Gasteiger partial charge >= 0.3 is 6.16 Å². The molecular weight excluding hydrogens is 416 g/mol. The number of carbonyl (C=O) groups is 3. The summed E-state index contributed by atoms with van der Waals surface area (Å²) in [5.74, 6) is -0.227. The Morgan fingerprint density at radius 3 is 2.50 bits per heavy atom. The third-order valence-electron chi connectivity index (χ3n) is 8.52. The van der Waals surface area contributed by atoms with Crippen LogP contribution in [0.1, 0.15) is 52.9 Å². The van der Waals surface area contributed by atoms with E-state index in [4.69, 9.17) is 5.11 Å². The van der Waals surface area contributed by atoms with Gasteiger partial charge in [0.25, 0.3) is 0 Å². The Kier molecular flexibility index (Phi) is 6.71. The number of aliphatic hydroxyl groups excluding tert-OH is 2. The van der Waals surface area contributed by atoms with Gasteiger partial charge in [-0.3, -0.25) is 9.59 Å². The standard InChI is InChI=1S/C21H28O5.C3H6O3/c1-19-7-5-13(23)9-12(19)3-4-14-15-6-8-21(26,17(25)11-22)20(15,2)10-16(24)18(14)19;1-2-6-3(4)5/h5,7,9,14-16,18,22,24,26H,3-4,6,8,10-11H2,1-2H3;2H2,1H3,(H,4,5)/t14-,15-,16-,18+,19-,20-,21-;/m0./s1. The summed E-state index contributed by atoms with van der Waals surface area (Å²) < 4.78 is 3.96. The first-order valence-electron chi connectivity index (χ1n) is 11.3. The summed E-state index contributed by atoms with van der Waals surface area (Å²) in [6, 6.07) is 0. The van der Waals surface area contributed by atoms with Crippen LogP contribution in [0.2, 0.25) is 0 Å². The molecule has 0 bridgehead atoms. The lowest BCUT2D eigenvalue weighted by atomic mass is 9.46. The number of Topliss-reactive ketones (excluding diaryl/α,β-unsaturated/α-hetero) is 1. The predicted octanol–water partition coefficient (Wildman–Crippen LogP) is 2.26. The molecule has 0 aromatic heterocycles. The molecule has 0 spiro atoms. The molecule has 178 valence electrons. The van der Waals surface area contributed by atoms with Crippen LogP contribution in [0.4, 0.5) is 4.79 Å². The van der Waals surface area contributed by atoms with Crippen molar-refractivity contribution in [3.8, 4) is 0 Å². The Balaban J connectivity index is 0.000000427. The van der Waals surface area contributed by atoms with Gasteiger partial charge in [0.15, 0.2) is 11.6 Å². The Morgan fingerprint density at radius 1 is 1.25 bits per heavy atom. The van der Waals surface area contributed by atoms with E-state index in [1.54, 1.807) is 19.1 Å². The van der Waals surface area contributed by atoms with Gasteiger partial charge in [-0.05, 0) is 63.0 Å². The van der Waals surface area contributed by atoms with E-state index >= 15 is 0 Å². The van der Waals surface area contributed by atoms with Crippen molar-refractivity contribution in [1.82, 2.24) is 0 Å². The minimum absolute atomic E-state index is 0.00912. The second-order valence-corrected chi connectivity index (χ2v) is 9.89. The van der Waals surface area contributed by atoms with Crippen LogP contribution >= 0.6 is 0 Å². The Hall–Kier alpha value is -2.03. The Morgan fingerprint density at radius 2 is 1.94 bits per heavy atom. The number of ether oxygens (including phenoxy) is 1. The SMILES string of the molecule is CCOC(=O)O.C[C@]12C=CC(=O)C=C1CC[C@@H]1[C@@H]2[C@@H](O)C[C@@]2(C)[C@H]1CC[C@]2(O)C(=O)CO. The monoisotopic (exact) mass is 450 g/mol. The highest BCUT2D eigenvalue weighted by Crippen LogP contribution is 2.67. The second-order valence-electron chi connectivity index (χ2n) is 9.89. The lowest BCUT2D eigenvalue weighted by molar-refractivity contribution is -0.178. The molecule has 8 nitrogen and oxygen atoms in total. The average Bonchev–Trinajstić information content (AvgIpc) is 2.99. The molecule has 0 aromatic rings. The number of fused-ring (bicyclic) bond motifs is 5. The van der Waals surface area contributed by atoms with Gasteiger partial charge < -0.3 is 25.2 Å². The van der Waals surface area contributed by atoms with Crippen LogP contribution in [0.25, 0.3) is 0 Å². The third kappa shape index (κ3) is 3.72. The maximum Gasteiger partial charge on any atom is 0.505 e. The van der Waals surface area contributed by atoms with Crippen LogP contribution in [-0.2, 0) is 14.3 Å². The molecule has 0 unspecified atom stereocenters.